The van der Waals surface area contributed by atoms with Crippen LogP contribution in [0.1, 0.15) is 31.9 Å². The van der Waals surface area contributed by atoms with Crippen molar-refractivity contribution >= 4 is 11.8 Å². The molecule has 0 spiro atoms. The number of anilines is 2. The number of halogens is 3. The van der Waals surface area contributed by atoms with Gasteiger partial charge in [0.25, 0.3) is 0 Å². The lowest BCUT2D eigenvalue weighted by molar-refractivity contribution is -0.141. The molecule has 2 N–H and O–H groups in total. The normalized spacial score (nSPS) is 11.4. The molecule has 0 aliphatic heterocycles. The second kappa shape index (κ2) is 6.42. The van der Waals surface area contributed by atoms with E-state index in [2.05, 4.69) is 27.5 Å². The highest BCUT2D eigenvalue weighted by molar-refractivity contribution is 5.42. The second-order valence-electron chi connectivity index (χ2n) is 3.84. The molecule has 0 atom stereocenters. The fourth-order valence-electron chi connectivity index (χ4n) is 1.39. The average molecular weight is 262 g/mol. The van der Waals surface area contributed by atoms with Gasteiger partial charge < -0.3 is 10.6 Å². The quantitative estimate of drug-likeness (QED) is 0.773. The predicted octanol–water partition coefficient (Wildman–Crippen LogP) is 3.14. The van der Waals surface area contributed by atoms with Gasteiger partial charge in [0.05, 0.1) is 0 Å². The molecule has 1 aromatic heterocycles. The first-order valence-corrected chi connectivity index (χ1v) is 5.85. The average Bonchev–Trinajstić information content (AvgIpc) is 2.33. The molecule has 1 rings (SSSR count). The SMILES string of the molecule is CCCCCNc1cc(C(F)(F)F)nc(NC)n1. The van der Waals surface area contributed by atoms with E-state index in [0.29, 0.717) is 6.54 Å². The summed E-state index contributed by atoms with van der Waals surface area (Å²) in [6, 6.07) is 0.923. The number of alkyl halides is 3. The van der Waals surface area contributed by atoms with Crippen LogP contribution < -0.4 is 10.6 Å². The molecule has 1 heterocycles. The van der Waals surface area contributed by atoms with E-state index in [9.17, 15) is 13.2 Å². The zero-order chi connectivity index (χ0) is 13.6. The Balaban J connectivity index is 2.78. The standard InChI is InChI=1S/C11H17F3N4/c1-3-4-5-6-16-9-7-8(11(12,13)14)17-10(15-2)18-9/h7H,3-6H2,1-2H3,(H2,15,16,17,18). The monoisotopic (exact) mass is 262 g/mol. The third kappa shape index (κ3) is 4.38. The van der Waals surface area contributed by atoms with Crippen LogP contribution in [-0.4, -0.2) is 23.6 Å². The Hall–Kier alpha value is -1.53. The Morgan fingerprint density at radius 3 is 2.50 bits per heavy atom. The van der Waals surface area contributed by atoms with Gasteiger partial charge in [0.15, 0.2) is 5.69 Å². The van der Waals surface area contributed by atoms with Crippen molar-refractivity contribution in [2.75, 3.05) is 24.2 Å². The molecule has 0 radical (unpaired) electrons. The number of nitrogens with one attached hydrogen (secondary N) is 2. The molecule has 0 unspecified atom stereocenters. The van der Waals surface area contributed by atoms with Crippen LogP contribution in [0.2, 0.25) is 0 Å². The van der Waals surface area contributed by atoms with Crippen molar-refractivity contribution in [2.24, 2.45) is 0 Å². The number of unbranched alkanes of at least 4 members (excludes halogenated alkanes) is 2. The molecule has 0 fully saturated rings. The lowest BCUT2D eigenvalue weighted by atomic mass is 10.2. The van der Waals surface area contributed by atoms with Gasteiger partial charge >= 0.3 is 6.18 Å². The first kappa shape index (κ1) is 14.5. The van der Waals surface area contributed by atoms with Crippen molar-refractivity contribution in [3.8, 4) is 0 Å². The third-order valence-corrected chi connectivity index (χ3v) is 2.33. The molecule has 102 valence electrons. The van der Waals surface area contributed by atoms with Crippen molar-refractivity contribution in [3.63, 3.8) is 0 Å². The minimum absolute atomic E-state index is 0.0391. The minimum atomic E-state index is -4.46. The van der Waals surface area contributed by atoms with Crippen LogP contribution in [0, 0.1) is 0 Å². The van der Waals surface area contributed by atoms with E-state index in [1.54, 1.807) is 0 Å². The second-order valence-corrected chi connectivity index (χ2v) is 3.84. The fourth-order valence-corrected chi connectivity index (χ4v) is 1.39. The van der Waals surface area contributed by atoms with Crippen LogP contribution in [0.3, 0.4) is 0 Å². The van der Waals surface area contributed by atoms with Gasteiger partial charge in [-0.3, -0.25) is 0 Å². The van der Waals surface area contributed by atoms with Gasteiger partial charge in [-0.25, -0.2) is 4.98 Å². The van der Waals surface area contributed by atoms with Gasteiger partial charge in [0.2, 0.25) is 5.95 Å². The first-order chi connectivity index (χ1) is 8.47. The topological polar surface area (TPSA) is 49.8 Å². The highest BCUT2D eigenvalue weighted by Gasteiger charge is 2.33. The Morgan fingerprint density at radius 2 is 1.94 bits per heavy atom. The molecule has 0 amide bonds. The van der Waals surface area contributed by atoms with Gasteiger partial charge in [-0.15, -0.1) is 0 Å². The van der Waals surface area contributed by atoms with Gasteiger partial charge in [-0.2, -0.15) is 18.2 Å². The lowest BCUT2D eigenvalue weighted by Crippen LogP contribution is -2.13. The van der Waals surface area contributed by atoms with E-state index in [1.807, 2.05) is 0 Å². The van der Waals surface area contributed by atoms with Crippen molar-refractivity contribution in [1.82, 2.24) is 9.97 Å². The van der Waals surface area contributed by atoms with E-state index < -0.39 is 11.9 Å². The maximum Gasteiger partial charge on any atom is 0.433 e. The maximum absolute atomic E-state index is 12.6. The fraction of sp³-hybridized carbons (Fsp3) is 0.636. The summed E-state index contributed by atoms with van der Waals surface area (Å²) < 4.78 is 37.7. The summed E-state index contributed by atoms with van der Waals surface area (Å²) in [6.45, 7) is 2.66. The van der Waals surface area contributed by atoms with Crippen molar-refractivity contribution < 1.29 is 13.2 Å². The van der Waals surface area contributed by atoms with Gasteiger partial charge in [0.1, 0.15) is 5.82 Å². The van der Waals surface area contributed by atoms with Crippen LogP contribution in [-0.2, 0) is 6.18 Å². The third-order valence-electron chi connectivity index (χ3n) is 2.33. The van der Waals surface area contributed by atoms with E-state index in [4.69, 9.17) is 0 Å². The van der Waals surface area contributed by atoms with E-state index >= 15 is 0 Å². The summed E-state index contributed by atoms with van der Waals surface area (Å²) in [7, 11) is 1.48. The highest BCUT2D eigenvalue weighted by Crippen LogP contribution is 2.29. The summed E-state index contributed by atoms with van der Waals surface area (Å²) in [5.41, 5.74) is -0.945. The summed E-state index contributed by atoms with van der Waals surface area (Å²) in [6.07, 6.45) is -1.48. The van der Waals surface area contributed by atoms with Crippen LogP contribution in [0.25, 0.3) is 0 Å². The van der Waals surface area contributed by atoms with Crippen LogP contribution in [0.5, 0.6) is 0 Å². The summed E-state index contributed by atoms with van der Waals surface area (Å²) in [5, 5.41) is 5.39. The highest BCUT2D eigenvalue weighted by atomic mass is 19.4. The van der Waals surface area contributed by atoms with E-state index in [-0.39, 0.29) is 11.8 Å². The molecule has 18 heavy (non-hydrogen) atoms. The van der Waals surface area contributed by atoms with Gasteiger partial charge in [-0.05, 0) is 6.42 Å². The predicted molar refractivity (Wildman–Crippen MR) is 64.6 cm³/mol. The maximum atomic E-state index is 12.6. The zero-order valence-corrected chi connectivity index (χ0v) is 10.4. The molecule has 0 aliphatic carbocycles. The Bertz CT molecular complexity index is 379. The Labute approximate surface area is 104 Å². The van der Waals surface area contributed by atoms with Crippen LogP contribution in [0.15, 0.2) is 6.07 Å². The van der Waals surface area contributed by atoms with Crippen molar-refractivity contribution in [1.29, 1.82) is 0 Å². The smallest absolute Gasteiger partial charge is 0.370 e. The number of aromatic nitrogens is 2. The summed E-state index contributed by atoms with van der Waals surface area (Å²) in [5.74, 6) is 0.153. The van der Waals surface area contributed by atoms with Crippen LogP contribution in [0.4, 0.5) is 24.9 Å². The molecular weight excluding hydrogens is 245 g/mol. The molecular formula is C11H17F3N4. The molecule has 0 saturated heterocycles. The summed E-state index contributed by atoms with van der Waals surface area (Å²) in [4.78, 5) is 7.31. The molecule has 0 bridgehead atoms. The van der Waals surface area contributed by atoms with Crippen molar-refractivity contribution in [2.45, 2.75) is 32.4 Å². The molecule has 0 aliphatic rings. The van der Waals surface area contributed by atoms with Gasteiger partial charge in [-0.1, -0.05) is 19.8 Å². The largest absolute Gasteiger partial charge is 0.433 e. The summed E-state index contributed by atoms with van der Waals surface area (Å²) >= 11 is 0. The number of nitrogens with zero attached hydrogens (tertiary/aromatic N) is 2. The Morgan fingerprint density at radius 1 is 1.22 bits per heavy atom. The number of rotatable bonds is 6. The molecule has 1 aromatic rings. The molecule has 4 nitrogen and oxygen atoms in total. The van der Waals surface area contributed by atoms with E-state index in [0.717, 1.165) is 25.3 Å². The Kier molecular flexibility index (Phi) is 5.18. The lowest BCUT2D eigenvalue weighted by Gasteiger charge is -2.11. The van der Waals surface area contributed by atoms with Gasteiger partial charge in [0, 0.05) is 19.7 Å². The van der Waals surface area contributed by atoms with Crippen LogP contribution >= 0.6 is 0 Å². The first-order valence-electron chi connectivity index (χ1n) is 5.85. The minimum Gasteiger partial charge on any atom is -0.370 e. The van der Waals surface area contributed by atoms with E-state index in [1.165, 1.54) is 7.05 Å². The zero-order valence-electron chi connectivity index (χ0n) is 10.4. The molecule has 7 heteroatoms. The number of hydrogen-bond donors (Lipinski definition) is 2. The molecule has 0 saturated carbocycles. The number of hydrogen-bond acceptors (Lipinski definition) is 4. The van der Waals surface area contributed by atoms with Crippen molar-refractivity contribution in [3.05, 3.63) is 11.8 Å². The molecule has 0 aromatic carbocycles.